The van der Waals surface area contributed by atoms with Gasteiger partial charge in [-0.25, -0.2) is 0 Å². The molecule has 0 saturated carbocycles. The Bertz CT molecular complexity index is 933. The highest BCUT2D eigenvalue weighted by Gasteiger charge is 2.43. The molecule has 29 heavy (non-hydrogen) atoms. The summed E-state index contributed by atoms with van der Waals surface area (Å²) >= 11 is 3.34. The minimum absolute atomic E-state index is 0.0192. The van der Waals surface area contributed by atoms with Gasteiger partial charge >= 0.3 is 5.97 Å². The molecule has 0 saturated heterocycles. The Morgan fingerprint density at radius 3 is 2.14 bits per heavy atom. The number of phenolic OH excluding ortho intramolecular Hbond substituents is 1. The van der Waals surface area contributed by atoms with E-state index >= 15 is 0 Å². The van der Waals surface area contributed by atoms with E-state index in [9.17, 15) is 24.6 Å². The molecule has 0 amide bonds. The molecule has 0 aromatic heterocycles. The number of aromatic hydroxyl groups is 1. The summed E-state index contributed by atoms with van der Waals surface area (Å²) in [4.78, 5) is 39.2. The lowest BCUT2D eigenvalue weighted by Gasteiger charge is -2.44. The topological polar surface area (TPSA) is 94.9 Å². The molecule has 2 aliphatic carbocycles. The maximum atomic E-state index is 13.0. The Hall–Kier alpha value is -2.41. The Morgan fingerprint density at radius 2 is 1.62 bits per heavy atom. The Labute approximate surface area is 177 Å². The van der Waals surface area contributed by atoms with E-state index in [-0.39, 0.29) is 30.3 Å². The van der Waals surface area contributed by atoms with Crippen molar-refractivity contribution in [2.45, 2.75) is 50.9 Å². The second-order valence-corrected chi connectivity index (χ2v) is 8.57. The Balaban J connectivity index is 1.92. The van der Waals surface area contributed by atoms with Gasteiger partial charge in [0.05, 0.1) is 10.9 Å². The first-order chi connectivity index (χ1) is 13.9. The van der Waals surface area contributed by atoms with Crippen molar-refractivity contribution in [2.75, 3.05) is 6.54 Å². The van der Waals surface area contributed by atoms with E-state index in [4.69, 9.17) is 0 Å². The summed E-state index contributed by atoms with van der Waals surface area (Å²) in [5.74, 6) is -1.22. The number of Topliss-reactive ketones (excluding diaryl/α,β-unsaturated/α-hetero) is 2. The van der Waals surface area contributed by atoms with Crippen LogP contribution in [0, 0.1) is 0 Å². The van der Waals surface area contributed by atoms with E-state index < -0.39 is 11.9 Å². The maximum Gasteiger partial charge on any atom is 0.305 e. The van der Waals surface area contributed by atoms with Crippen molar-refractivity contribution >= 4 is 33.5 Å². The van der Waals surface area contributed by atoms with Crippen LogP contribution in [0.1, 0.15) is 56.4 Å². The third-order valence-electron chi connectivity index (χ3n) is 5.94. The number of allylic oxidation sites excluding steroid dienone is 4. The highest BCUT2D eigenvalue weighted by atomic mass is 79.9. The number of carbonyl (C=O) groups excluding carboxylic acids is 2. The van der Waals surface area contributed by atoms with Crippen molar-refractivity contribution in [3.8, 4) is 5.75 Å². The number of nitrogens with zero attached hydrogens (tertiary/aromatic N) is 1. The number of benzene rings is 1. The first-order valence-electron chi connectivity index (χ1n) is 9.88. The molecular formula is C22H22BrNO5. The van der Waals surface area contributed by atoms with Gasteiger partial charge < -0.3 is 15.1 Å². The predicted octanol–water partition coefficient (Wildman–Crippen LogP) is 4.04. The number of carbonyl (C=O) groups is 3. The van der Waals surface area contributed by atoms with Gasteiger partial charge in [0.2, 0.25) is 0 Å². The number of phenols is 1. The van der Waals surface area contributed by atoms with Crippen LogP contribution in [0.4, 0.5) is 0 Å². The summed E-state index contributed by atoms with van der Waals surface area (Å²) < 4.78 is 0.513. The summed E-state index contributed by atoms with van der Waals surface area (Å²) in [6, 6.07) is 5.10. The van der Waals surface area contributed by atoms with Gasteiger partial charge in [-0.3, -0.25) is 14.4 Å². The predicted molar refractivity (Wildman–Crippen MR) is 109 cm³/mol. The molecule has 1 aromatic carbocycles. The summed E-state index contributed by atoms with van der Waals surface area (Å²) in [6.07, 6.45) is 3.65. The Morgan fingerprint density at radius 1 is 1.03 bits per heavy atom. The maximum absolute atomic E-state index is 13.0. The van der Waals surface area contributed by atoms with E-state index in [0.29, 0.717) is 41.3 Å². The van der Waals surface area contributed by atoms with Gasteiger partial charge in [-0.15, -0.1) is 0 Å². The molecule has 1 aromatic rings. The molecule has 152 valence electrons. The molecule has 1 aliphatic heterocycles. The van der Waals surface area contributed by atoms with Crippen LogP contribution in [-0.2, 0) is 14.4 Å². The number of carboxylic acid groups (broad SMARTS) is 1. The molecule has 0 spiro atoms. The van der Waals surface area contributed by atoms with Crippen LogP contribution in [0.25, 0.3) is 0 Å². The largest absolute Gasteiger partial charge is 0.507 e. The summed E-state index contributed by atoms with van der Waals surface area (Å²) in [5.41, 5.74) is 3.76. The van der Waals surface area contributed by atoms with Gasteiger partial charge in [-0.1, -0.05) is 6.07 Å². The van der Waals surface area contributed by atoms with E-state index in [1.165, 1.54) is 0 Å². The fourth-order valence-electron chi connectivity index (χ4n) is 4.73. The second-order valence-electron chi connectivity index (χ2n) is 7.71. The lowest BCUT2D eigenvalue weighted by molar-refractivity contribution is -0.137. The third-order valence-corrected chi connectivity index (χ3v) is 6.58. The number of hydrogen-bond donors (Lipinski definition) is 2. The lowest BCUT2D eigenvalue weighted by Crippen LogP contribution is -2.39. The van der Waals surface area contributed by atoms with Crippen molar-refractivity contribution in [2.24, 2.45) is 0 Å². The molecular weight excluding hydrogens is 438 g/mol. The molecule has 0 unspecified atom stereocenters. The smallest absolute Gasteiger partial charge is 0.305 e. The normalized spacial score (nSPS) is 20.1. The fourth-order valence-corrected chi connectivity index (χ4v) is 5.13. The molecule has 4 rings (SSSR count). The zero-order valence-electron chi connectivity index (χ0n) is 15.9. The van der Waals surface area contributed by atoms with Crippen LogP contribution in [0.15, 0.2) is 45.2 Å². The fraction of sp³-hybridized carbons (Fsp3) is 0.409. The highest BCUT2D eigenvalue weighted by Crippen LogP contribution is 2.49. The molecule has 0 radical (unpaired) electrons. The number of aliphatic carboxylic acids is 1. The quantitative estimate of drug-likeness (QED) is 0.705. The first-order valence-corrected chi connectivity index (χ1v) is 10.7. The number of carboxylic acids is 1. The van der Waals surface area contributed by atoms with Gasteiger partial charge in [0.15, 0.2) is 11.6 Å². The second kappa shape index (κ2) is 7.78. The minimum atomic E-state index is -0.900. The van der Waals surface area contributed by atoms with Crippen molar-refractivity contribution in [3.05, 3.63) is 50.8 Å². The van der Waals surface area contributed by atoms with Gasteiger partial charge in [-0.2, -0.15) is 0 Å². The molecule has 7 heteroatoms. The molecule has 3 aliphatic rings. The number of ketones is 2. The van der Waals surface area contributed by atoms with Crippen LogP contribution < -0.4 is 0 Å². The minimum Gasteiger partial charge on any atom is -0.507 e. The first kappa shape index (κ1) is 19.9. The van der Waals surface area contributed by atoms with Gasteiger partial charge in [0.1, 0.15) is 5.75 Å². The molecule has 2 N–H and O–H groups in total. The third kappa shape index (κ3) is 3.52. The average Bonchev–Trinajstić information content (AvgIpc) is 2.68. The van der Waals surface area contributed by atoms with Gasteiger partial charge in [0, 0.05) is 47.8 Å². The monoisotopic (exact) mass is 459 g/mol. The standard InChI is InChI=1S/C22H22BrNO5/c23-13-11-12(7-8-16(13)25)20-21-14(3-1-5-17(21)26)24(10-9-19(28)29)15-4-2-6-18(27)22(15)20/h7-8,11,20,25H,1-6,9-10H2,(H,28,29). The number of hydrogen-bond acceptors (Lipinski definition) is 5. The zero-order valence-corrected chi connectivity index (χ0v) is 17.5. The molecule has 1 heterocycles. The van der Waals surface area contributed by atoms with E-state index in [2.05, 4.69) is 15.9 Å². The van der Waals surface area contributed by atoms with Crippen molar-refractivity contribution in [1.29, 1.82) is 0 Å². The van der Waals surface area contributed by atoms with E-state index in [1.54, 1.807) is 18.2 Å². The van der Waals surface area contributed by atoms with Crippen molar-refractivity contribution < 1.29 is 24.6 Å². The van der Waals surface area contributed by atoms with Gasteiger partial charge in [0.25, 0.3) is 0 Å². The number of halogens is 1. The summed E-state index contributed by atoms with van der Waals surface area (Å²) in [6.45, 7) is 0.263. The van der Waals surface area contributed by atoms with Crippen LogP contribution in [-0.4, -0.2) is 39.2 Å². The zero-order chi connectivity index (χ0) is 20.7. The van der Waals surface area contributed by atoms with E-state index in [0.717, 1.165) is 29.8 Å². The lowest BCUT2D eigenvalue weighted by atomic mass is 9.71. The molecule has 0 fully saturated rings. The Kier molecular flexibility index (Phi) is 5.34. The van der Waals surface area contributed by atoms with Crippen LogP contribution >= 0.6 is 15.9 Å². The number of rotatable bonds is 4. The highest BCUT2D eigenvalue weighted by molar-refractivity contribution is 9.10. The molecule has 0 atom stereocenters. The van der Waals surface area contributed by atoms with Gasteiger partial charge in [-0.05, 0) is 59.3 Å². The summed E-state index contributed by atoms with van der Waals surface area (Å²) in [5, 5.41) is 19.1. The molecule has 0 bridgehead atoms. The summed E-state index contributed by atoms with van der Waals surface area (Å²) in [7, 11) is 0. The average molecular weight is 460 g/mol. The SMILES string of the molecule is O=C(O)CCN1C2=C(C(=O)CCC2)C(c2ccc(O)c(Br)c2)C2=C1CCCC2=O. The van der Waals surface area contributed by atoms with Crippen LogP contribution in [0.5, 0.6) is 5.75 Å². The molecule has 6 nitrogen and oxygen atoms in total. The van der Waals surface area contributed by atoms with Crippen molar-refractivity contribution in [1.82, 2.24) is 4.90 Å². The van der Waals surface area contributed by atoms with Crippen molar-refractivity contribution in [3.63, 3.8) is 0 Å². The van der Waals surface area contributed by atoms with E-state index in [1.807, 2.05) is 4.90 Å². The van der Waals surface area contributed by atoms with Crippen LogP contribution in [0.3, 0.4) is 0 Å². The van der Waals surface area contributed by atoms with Crippen LogP contribution in [0.2, 0.25) is 0 Å².